The first-order valence-electron chi connectivity index (χ1n) is 4.78. The predicted molar refractivity (Wildman–Crippen MR) is 61.0 cm³/mol. The number of nitrogens with two attached hydrogens (primary N) is 1. The van der Waals surface area contributed by atoms with E-state index in [-0.39, 0.29) is 5.82 Å². The molecule has 0 heterocycles. The minimum absolute atomic E-state index is 0.207. The van der Waals surface area contributed by atoms with Gasteiger partial charge in [0.25, 0.3) is 0 Å². The summed E-state index contributed by atoms with van der Waals surface area (Å²) < 4.78 is 13.2. The van der Waals surface area contributed by atoms with Crippen molar-refractivity contribution in [3.8, 4) is 11.1 Å². The molecule has 0 aliphatic heterocycles. The van der Waals surface area contributed by atoms with Gasteiger partial charge in [-0.2, -0.15) is 0 Å². The maximum Gasteiger partial charge on any atom is 0.124 e. The van der Waals surface area contributed by atoms with Crippen LogP contribution in [0.5, 0.6) is 0 Å². The minimum atomic E-state index is -0.207. The number of aryl methyl sites for hydroxylation is 1. The first kappa shape index (κ1) is 9.71. The lowest BCUT2D eigenvalue weighted by molar-refractivity contribution is 0.627. The molecule has 0 spiro atoms. The lowest BCUT2D eigenvalue weighted by Gasteiger charge is -2.04. The Balaban J connectivity index is 2.49. The Morgan fingerprint density at radius 3 is 2.20 bits per heavy atom. The number of nitrogen functional groups attached to an aromatic ring is 1. The standard InChI is InChI=1S/C13H12FN/c1-9-6-11(8-12(14)7-9)10-2-4-13(15)5-3-10/h2-8H,15H2,1H3. The highest BCUT2D eigenvalue weighted by atomic mass is 19.1. The molecule has 2 aromatic rings. The molecule has 0 atom stereocenters. The summed E-state index contributed by atoms with van der Waals surface area (Å²) in [6.07, 6.45) is 0. The molecular weight excluding hydrogens is 189 g/mol. The Bertz CT molecular complexity index is 454. The van der Waals surface area contributed by atoms with Crippen LogP contribution in [-0.2, 0) is 0 Å². The molecular formula is C13H12FN. The molecule has 0 saturated heterocycles. The van der Waals surface area contributed by atoms with Crippen molar-refractivity contribution in [2.24, 2.45) is 0 Å². The molecule has 0 aromatic heterocycles. The summed E-state index contributed by atoms with van der Waals surface area (Å²) in [5.41, 5.74) is 9.08. The minimum Gasteiger partial charge on any atom is -0.399 e. The number of anilines is 1. The summed E-state index contributed by atoms with van der Waals surface area (Å²) in [7, 11) is 0. The summed E-state index contributed by atoms with van der Waals surface area (Å²) in [4.78, 5) is 0. The third kappa shape index (κ3) is 2.15. The molecule has 15 heavy (non-hydrogen) atoms. The topological polar surface area (TPSA) is 26.0 Å². The molecule has 1 nitrogen and oxygen atoms in total. The SMILES string of the molecule is Cc1cc(F)cc(-c2ccc(N)cc2)c1. The van der Waals surface area contributed by atoms with E-state index in [0.717, 1.165) is 16.7 Å². The third-order valence-corrected chi connectivity index (χ3v) is 2.29. The van der Waals surface area contributed by atoms with Crippen LogP contribution in [-0.4, -0.2) is 0 Å². The molecule has 0 fully saturated rings. The molecule has 0 aliphatic rings. The second kappa shape index (κ2) is 3.73. The van der Waals surface area contributed by atoms with Crippen molar-refractivity contribution >= 4 is 5.69 Å². The van der Waals surface area contributed by atoms with Gasteiger partial charge >= 0.3 is 0 Å². The van der Waals surface area contributed by atoms with E-state index in [1.54, 1.807) is 0 Å². The van der Waals surface area contributed by atoms with Crippen molar-refractivity contribution in [1.29, 1.82) is 0 Å². The zero-order chi connectivity index (χ0) is 10.8. The highest BCUT2D eigenvalue weighted by Crippen LogP contribution is 2.22. The fourth-order valence-electron chi connectivity index (χ4n) is 1.58. The van der Waals surface area contributed by atoms with Crippen LogP contribution < -0.4 is 5.73 Å². The van der Waals surface area contributed by atoms with Crippen LogP contribution >= 0.6 is 0 Å². The largest absolute Gasteiger partial charge is 0.399 e. The normalized spacial score (nSPS) is 10.3. The molecule has 2 heteroatoms. The molecule has 2 N–H and O–H groups in total. The average Bonchev–Trinajstić information content (AvgIpc) is 2.17. The van der Waals surface area contributed by atoms with E-state index in [1.807, 2.05) is 37.3 Å². The van der Waals surface area contributed by atoms with Crippen LogP contribution in [0.2, 0.25) is 0 Å². The van der Waals surface area contributed by atoms with E-state index < -0.39 is 0 Å². The van der Waals surface area contributed by atoms with Gasteiger partial charge in [0.2, 0.25) is 0 Å². The van der Waals surface area contributed by atoms with Gasteiger partial charge < -0.3 is 5.73 Å². The Kier molecular flexibility index (Phi) is 2.42. The van der Waals surface area contributed by atoms with Crippen LogP contribution in [0, 0.1) is 12.7 Å². The number of hydrogen-bond donors (Lipinski definition) is 1. The van der Waals surface area contributed by atoms with E-state index in [2.05, 4.69) is 0 Å². The molecule has 0 bridgehead atoms. The van der Waals surface area contributed by atoms with Gasteiger partial charge in [0.05, 0.1) is 0 Å². The van der Waals surface area contributed by atoms with Gasteiger partial charge in [-0.3, -0.25) is 0 Å². The van der Waals surface area contributed by atoms with E-state index in [4.69, 9.17) is 5.73 Å². The van der Waals surface area contributed by atoms with Gasteiger partial charge in [-0.1, -0.05) is 18.2 Å². The Labute approximate surface area is 88.4 Å². The predicted octanol–water partition coefficient (Wildman–Crippen LogP) is 3.38. The van der Waals surface area contributed by atoms with Crippen LogP contribution in [0.4, 0.5) is 10.1 Å². The summed E-state index contributed by atoms with van der Waals surface area (Å²) in [5, 5.41) is 0. The van der Waals surface area contributed by atoms with Crippen LogP contribution in [0.3, 0.4) is 0 Å². The number of halogens is 1. The first-order chi connectivity index (χ1) is 7.15. The van der Waals surface area contributed by atoms with E-state index in [9.17, 15) is 4.39 Å². The van der Waals surface area contributed by atoms with Gasteiger partial charge in [0.1, 0.15) is 5.82 Å². The molecule has 2 aromatic carbocycles. The molecule has 0 amide bonds. The average molecular weight is 201 g/mol. The van der Waals surface area contributed by atoms with Gasteiger partial charge in [0, 0.05) is 5.69 Å². The Morgan fingerprint density at radius 2 is 1.60 bits per heavy atom. The highest BCUT2D eigenvalue weighted by molar-refractivity contribution is 5.66. The Morgan fingerprint density at radius 1 is 0.933 bits per heavy atom. The maximum atomic E-state index is 13.2. The smallest absolute Gasteiger partial charge is 0.124 e. The van der Waals surface area contributed by atoms with Crippen LogP contribution in [0.15, 0.2) is 42.5 Å². The quantitative estimate of drug-likeness (QED) is 0.703. The van der Waals surface area contributed by atoms with Gasteiger partial charge in [-0.15, -0.1) is 0 Å². The number of hydrogen-bond acceptors (Lipinski definition) is 1. The molecule has 0 aliphatic carbocycles. The summed E-state index contributed by atoms with van der Waals surface area (Å²) >= 11 is 0. The second-order valence-corrected chi connectivity index (χ2v) is 3.64. The summed E-state index contributed by atoms with van der Waals surface area (Å²) in [6.45, 7) is 1.88. The van der Waals surface area contributed by atoms with Crippen molar-refractivity contribution in [2.75, 3.05) is 5.73 Å². The fraction of sp³-hybridized carbons (Fsp3) is 0.0769. The van der Waals surface area contributed by atoms with Crippen molar-refractivity contribution in [2.45, 2.75) is 6.92 Å². The van der Waals surface area contributed by atoms with Crippen molar-refractivity contribution in [3.05, 3.63) is 53.8 Å². The van der Waals surface area contributed by atoms with E-state index in [0.29, 0.717) is 5.69 Å². The van der Waals surface area contributed by atoms with E-state index >= 15 is 0 Å². The van der Waals surface area contributed by atoms with Gasteiger partial charge in [-0.25, -0.2) is 4.39 Å². The second-order valence-electron chi connectivity index (χ2n) is 3.64. The summed E-state index contributed by atoms with van der Waals surface area (Å²) in [5.74, 6) is -0.207. The van der Waals surface area contributed by atoms with Gasteiger partial charge in [-0.05, 0) is 47.9 Å². The number of benzene rings is 2. The van der Waals surface area contributed by atoms with Crippen LogP contribution in [0.25, 0.3) is 11.1 Å². The zero-order valence-electron chi connectivity index (χ0n) is 8.50. The third-order valence-electron chi connectivity index (χ3n) is 2.29. The Hall–Kier alpha value is -1.83. The zero-order valence-corrected chi connectivity index (χ0v) is 8.50. The molecule has 0 saturated carbocycles. The highest BCUT2D eigenvalue weighted by Gasteiger charge is 2.00. The van der Waals surface area contributed by atoms with Crippen molar-refractivity contribution < 1.29 is 4.39 Å². The molecule has 0 radical (unpaired) electrons. The fourth-order valence-corrected chi connectivity index (χ4v) is 1.58. The first-order valence-corrected chi connectivity index (χ1v) is 4.78. The van der Waals surface area contributed by atoms with Crippen LogP contribution in [0.1, 0.15) is 5.56 Å². The molecule has 2 rings (SSSR count). The number of rotatable bonds is 1. The molecule has 0 unspecified atom stereocenters. The van der Waals surface area contributed by atoms with Gasteiger partial charge in [0.15, 0.2) is 0 Å². The van der Waals surface area contributed by atoms with Crippen molar-refractivity contribution in [3.63, 3.8) is 0 Å². The van der Waals surface area contributed by atoms with Crippen molar-refractivity contribution in [1.82, 2.24) is 0 Å². The maximum absolute atomic E-state index is 13.2. The molecule has 76 valence electrons. The van der Waals surface area contributed by atoms with E-state index in [1.165, 1.54) is 12.1 Å². The monoisotopic (exact) mass is 201 g/mol. The summed E-state index contributed by atoms with van der Waals surface area (Å²) in [6, 6.07) is 12.4. The lowest BCUT2D eigenvalue weighted by Crippen LogP contribution is -1.86. The lowest BCUT2D eigenvalue weighted by atomic mass is 10.0.